The van der Waals surface area contributed by atoms with Gasteiger partial charge >= 0.3 is 5.97 Å². The largest absolute Gasteiger partial charge is 0.504 e. The number of rotatable bonds is 5. The number of phenolic OH excluding ortho intramolecular Hbond substituents is 3. The van der Waals surface area contributed by atoms with Gasteiger partial charge in [-0.15, -0.1) is 0 Å². The average molecular weight is 256 g/mol. The van der Waals surface area contributed by atoms with Gasteiger partial charge in [0, 0.05) is 13.0 Å². The van der Waals surface area contributed by atoms with Crippen molar-refractivity contribution in [1.29, 1.82) is 0 Å². The van der Waals surface area contributed by atoms with E-state index in [1.54, 1.807) is 6.92 Å². The standard InChI is InChI=1S/C12H16O6/c1-2-8(3-4-13)18-12(17)7-5-9(14)11(16)10(15)6-7/h5-6,8,13-16H,2-4H2,1H3. The van der Waals surface area contributed by atoms with Gasteiger partial charge in [-0.3, -0.25) is 0 Å². The van der Waals surface area contributed by atoms with Crippen molar-refractivity contribution in [2.75, 3.05) is 6.61 Å². The predicted octanol–water partition coefficient (Wildman–Crippen LogP) is 1.12. The second-order valence-corrected chi connectivity index (χ2v) is 3.81. The highest BCUT2D eigenvalue weighted by Gasteiger charge is 2.17. The highest BCUT2D eigenvalue weighted by atomic mass is 16.5. The topological polar surface area (TPSA) is 107 Å². The highest BCUT2D eigenvalue weighted by molar-refractivity contribution is 5.91. The van der Waals surface area contributed by atoms with Crippen molar-refractivity contribution in [2.24, 2.45) is 0 Å². The Labute approximate surface area is 104 Å². The molecule has 0 saturated heterocycles. The van der Waals surface area contributed by atoms with E-state index in [0.717, 1.165) is 12.1 Å². The summed E-state index contributed by atoms with van der Waals surface area (Å²) in [7, 11) is 0. The third-order valence-electron chi connectivity index (χ3n) is 2.49. The van der Waals surface area contributed by atoms with Crippen molar-refractivity contribution >= 4 is 5.97 Å². The van der Waals surface area contributed by atoms with E-state index < -0.39 is 29.3 Å². The minimum absolute atomic E-state index is 0.0702. The van der Waals surface area contributed by atoms with Crippen molar-refractivity contribution in [3.63, 3.8) is 0 Å². The second kappa shape index (κ2) is 6.11. The number of carbonyl (C=O) groups is 1. The van der Waals surface area contributed by atoms with Crippen LogP contribution in [0.1, 0.15) is 30.1 Å². The van der Waals surface area contributed by atoms with Gasteiger partial charge < -0.3 is 25.2 Å². The molecular formula is C12H16O6. The molecule has 0 aromatic heterocycles. The highest BCUT2D eigenvalue weighted by Crippen LogP contribution is 2.35. The summed E-state index contributed by atoms with van der Waals surface area (Å²) in [6.07, 6.45) is 0.432. The molecule has 1 aromatic rings. The molecule has 0 heterocycles. The van der Waals surface area contributed by atoms with Gasteiger partial charge in [-0.2, -0.15) is 0 Å². The number of aliphatic hydroxyl groups excluding tert-OH is 1. The Hall–Kier alpha value is -1.95. The molecule has 1 rings (SSSR count). The molecule has 0 bridgehead atoms. The van der Waals surface area contributed by atoms with Gasteiger partial charge in [0.05, 0.1) is 5.56 Å². The van der Waals surface area contributed by atoms with Crippen LogP contribution in [-0.2, 0) is 4.74 Å². The van der Waals surface area contributed by atoms with Crippen LogP contribution in [0.25, 0.3) is 0 Å². The maximum atomic E-state index is 11.7. The summed E-state index contributed by atoms with van der Waals surface area (Å²) >= 11 is 0. The van der Waals surface area contributed by atoms with Crippen molar-refractivity contribution in [3.8, 4) is 17.2 Å². The fraction of sp³-hybridized carbons (Fsp3) is 0.417. The molecule has 0 radical (unpaired) electrons. The molecule has 0 fully saturated rings. The molecule has 1 atom stereocenters. The van der Waals surface area contributed by atoms with Crippen molar-refractivity contribution < 1.29 is 30.0 Å². The summed E-state index contributed by atoms with van der Waals surface area (Å²) in [5.74, 6) is -2.62. The van der Waals surface area contributed by atoms with Gasteiger partial charge in [-0.25, -0.2) is 4.79 Å². The van der Waals surface area contributed by atoms with Crippen molar-refractivity contribution in [3.05, 3.63) is 17.7 Å². The maximum absolute atomic E-state index is 11.7. The Morgan fingerprint density at radius 2 is 1.83 bits per heavy atom. The zero-order valence-electron chi connectivity index (χ0n) is 9.96. The Morgan fingerprint density at radius 3 is 2.28 bits per heavy atom. The van der Waals surface area contributed by atoms with Gasteiger partial charge in [0.1, 0.15) is 6.10 Å². The van der Waals surface area contributed by atoms with Crippen LogP contribution in [0.15, 0.2) is 12.1 Å². The normalized spacial score (nSPS) is 12.1. The van der Waals surface area contributed by atoms with Crippen LogP contribution >= 0.6 is 0 Å². The first-order chi connectivity index (χ1) is 8.49. The molecule has 1 aromatic carbocycles. The Kier molecular flexibility index (Phi) is 4.79. The van der Waals surface area contributed by atoms with Crippen LogP contribution < -0.4 is 0 Å². The number of carbonyl (C=O) groups excluding carboxylic acids is 1. The van der Waals surface area contributed by atoms with Gasteiger partial charge in [-0.1, -0.05) is 6.92 Å². The molecule has 0 aliphatic carbocycles. The minimum Gasteiger partial charge on any atom is -0.504 e. The molecule has 100 valence electrons. The maximum Gasteiger partial charge on any atom is 0.338 e. The molecule has 18 heavy (non-hydrogen) atoms. The summed E-state index contributed by atoms with van der Waals surface area (Å²) in [5, 5.41) is 36.4. The van der Waals surface area contributed by atoms with Crippen LogP contribution in [0, 0.1) is 0 Å². The van der Waals surface area contributed by atoms with Crippen molar-refractivity contribution in [1.82, 2.24) is 0 Å². The lowest BCUT2D eigenvalue weighted by molar-refractivity contribution is 0.0232. The monoisotopic (exact) mass is 256 g/mol. The zero-order valence-corrected chi connectivity index (χ0v) is 9.96. The van der Waals surface area contributed by atoms with E-state index in [0.29, 0.717) is 12.8 Å². The van der Waals surface area contributed by atoms with Gasteiger partial charge in [0.25, 0.3) is 0 Å². The number of hydrogen-bond acceptors (Lipinski definition) is 6. The number of ether oxygens (including phenoxy) is 1. The summed E-state index contributed by atoms with van der Waals surface area (Å²) in [4.78, 5) is 11.7. The minimum atomic E-state index is -0.735. The Balaban J connectivity index is 2.84. The molecule has 0 aliphatic rings. The van der Waals surface area contributed by atoms with E-state index in [1.165, 1.54) is 0 Å². The average Bonchev–Trinajstić information content (AvgIpc) is 2.34. The lowest BCUT2D eigenvalue weighted by Crippen LogP contribution is -2.18. The number of hydrogen-bond donors (Lipinski definition) is 4. The Morgan fingerprint density at radius 1 is 1.28 bits per heavy atom. The third-order valence-corrected chi connectivity index (χ3v) is 2.49. The molecule has 0 spiro atoms. The molecule has 6 nitrogen and oxygen atoms in total. The first-order valence-corrected chi connectivity index (χ1v) is 5.56. The summed E-state index contributed by atoms with van der Waals surface area (Å²) in [5.41, 5.74) is -0.0702. The van der Waals surface area contributed by atoms with Crippen LogP contribution in [0.2, 0.25) is 0 Å². The number of benzene rings is 1. The van der Waals surface area contributed by atoms with Gasteiger partial charge in [-0.05, 0) is 18.6 Å². The first kappa shape index (κ1) is 14.1. The van der Waals surface area contributed by atoms with Gasteiger partial charge in [0.2, 0.25) is 0 Å². The van der Waals surface area contributed by atoms with Crippen LogP contribution in [0.5, 0.6) is 17.2 Å². The molecule has 4 N–H and O–H groups in total. The smallest absolute Gasteiger partial charge is 0.338 e. The van der Waals surface area contributed by atoms with E-state index in [1.807, 2.05) is 0 Å². The third kappa shape index (κ3) is 3.27. The second-order valence-electron chi connectivity index (χ2n) is 3.81. The number of esters is 1. The molecule has 6 heteroatoms. The fourth-order valence-electron chi connectivity index (χ4n) is 1.43. The van der Waals surface area contributed by atoms with Gasteiger partial charge in [0.15, 0.2) is 17.2 Å². The fourth-order valence-corrected chi connectivity index (χ4v) is 1.43. The summed E-state index contributed by atoms with van der Waals surface area (Å²) < 4.78 is 5.07. The number of phenols is 3. The number of aliphatic hydroxyl groups is 1. The first-order valence-electron chi connectivity index (χ1n) is 5.56. The lowest BCUT2D eigenvalue weighted by Gasteiger charge is -2.15. The van der Waals surface area contributed by atoms with E-state index in [2.05, 4.69) is 0 Å². The molecule has 0 saturated carbocycles. The zero-order chi connectivity index (χ0) is 13.7. The lowest BCUT2D eigenvalue weighted by atomic mass is 10.1. The predicted molar refractivity (Wildman–Crippen MR) is 62.6 cm³/mol. The van der Waals surface area contributed by atoms with E-state index in [-0.39, 0.29) is 12.2 Å². The van der Waals surface area contributed by atoms with Crippen LogP contribution in [-0.4, -0.2) is 39.1 Å². The molecule has 0 amide bonds. The summed E-state index contributed by atoms with van der Waals surface area (Å²) in [6.45, 7) is 1.71. The summed E-state index contributed by atoms with van der Waals surface area (Å²) in [6, 6.07) is 2.01. The molecular weight excluding hydrogens is 240 g/mol. The Bertz CT molecular complexity index is 406. The molecule has 0 aliphatic heterocycles. The van der Waals surface area contributed by atoms with E-state index in [9.17, 15) is 15.0 Å². The van der Waals surface area contributed by atoms with E-state index >= 15 is 0 Å². The van der Waals surface area contributed by atoms with Crippen LogP contribution in [0.3, 0.4) is 0 Å². The quantitative estimate of drug-likeness (QED) is 0.464. The molecule has 1 unspecified atom stereocenters. The SMILES string of the molecule is CCC(CCO)OC(=O)c1cc(O)c(O)c(O)c1. The van der Waals surface area contributed by atoms with Crippen molar-refractivity contribution in [2.45, 2.75) is 25.9 Å². The van der Waals surface area contributed by atoms with E-state index in [4.69, 9.17) is 14.9 Å². The van der Waals surface area contributed by atoms with Crippen LogP contribution in [0.4, 0.5) is 0 Å². The number of aromatic hydroxyl groups is 3.